The number of carbonyl (C=O) groups is 1. The van der Waals surface area contributed by atoms with Gasteiger partial charge in [-0.1, -0.05) is 13.3 Å². The summed E-state index contributed by atoms with van der Waals surface area (Å²) in [6.45, 7) is 6.63. The normalized spacial score (nSPS) is 25.8. The third kappa shape index (κ3) is 3.57. The molecule has 0 aliphatic carbocycles. The van der Waals surface area contributed by atoms with E-state index in [-0.39, 0.29) is 11.6 Å². The highest BCUT2D eigenvalue weighted by Crippen LogP contribution is 2.31. The van der Waals surface area contributed by atoms with Crippen LogP contribution in [0.4, 0.5) is 0 Å². The zero-order valence-electron chi connectivity index (χ0n) is 9.84. The molecule has 1 aliphatic heterocycles. The lowest BCUT2D eigenvalue weighted by atomic mass is 9.92. The molecule has 1 aliphatic rings. The van der Waals surface area contributed by atoms with Gasteiger partial charge in [0.2, 0.25) is 0 Å². The molecule has 1 heterocycles. The largest absolute Gasteiger partial charge is 0.498 e. The molecule has 1 rings (SSSR count). The second-order valence-electron chi connectivity index (χ2n) is 4.19. The highest BCUT2D eigenvalue weighted by molar-refractivity contribution is 5.83. The molecule has 15 heavy (non-hydrogen) atoms. The van der Waals surface area contributed by atoms with Gasteiger partial charge in [0.05, 0.1) is 12.7 Å². The van der Waals surface area contributed by atoms with Gasteiger partial charge >= 0.3 is 5.97 Å². The van der Waals surface area contributed by atoms with E-state index in [2.05, 4.69) is 6.92 Å². The minimum Gasteiger partial charge on any atom is -0.498 e. The summed E-state index contributed by atoms with van der Waals surface area (Å²) in [5.74, 6) is 0.482. The number of ether oxygens (including phenoxy) is 2. The Morgan fingerprint density at radius 1 is 1.53 bits per heavy atom. The molecule has 1 unspecified atom stereocenters. The average Bonchev–Trinajstić information content (AvgIpc) is 2.14. The van der Waals surface area contributed by atoms with Crippen LogP contribution in [0.25, 0.3) is 0 Å². The molecule has 0 aromatic carbocycles. The van der Waals surface area contributed by atoms with E-state index in [1.165, 1.54) is 6.08 Å². The fourth-order valence-corrected chi connectivity index (χ4v) is 1.83. The molecule has 0 amide bonds. The molecule has 0 saturated heterocycles. The maximum atomic E-state index is 11.3. The van der Waals surface area contributed by atoms with E-state index < -0.39 is 0 Å². The van der Waals surface area contributed by atoms with Crippen LogP contribution in [0.15, 0.2) is 11.8 Å². The molecule has 0 N–H and O–H groups in total. The summed E-state index contributed by atoms with van der Waals surface area (Å²) in [5.41, 5.74) is -0.369. The van der Waals surface area contributed by atoms with Crippen LogP contribution >= 0.6 is 0 Å². The van der Waals surface area contributed by atoms with Gasteiger partial charge in [0, 0.05) is 6.42 Å². The van der Waals surface area contributed by atoms with Crippen molar-refractivity contribution in [1.29, 1.82) is 0 Å². The summed E-state index contributed by atoms with van der Waals surface area (Å²) >= 11 is 0. The summed E-state index contributed by atoms with van der Waals surface area (Å²) in [5, 5.41) is 0. The fraction of sp³-hybridized carbons (Fsp3) is 0.750. The van der Waals surface area contributed by atoms with Crippen LogP contribution < -0.4 is 0 Å². The molecule has 1 atom stereocenters. The average molecular weight is 212 g/mol. The Morgan fingerprint density at radius 2 is 2.27 bits per heavy atom. The predicted molar refractivity (Wildman–Crippen MR) is 58.3 cm³/mol. The maximum absolute atomic E-state index is 11.3. The molecule has 0 aromatic heterocycles. The fourth-order valence-electron chi connectivity index (χ4n) is 1.83. The smallest absolute Gasteiger partial charge is 0.334 e. The third-order valence-electron chi connectivity index (χ3n) is 2.56. The highest BCUT2D eigenvalue weighted by Gasteiger charge is 2.33. The minimum absolute atomic E-state index is 0.275. The molecule has 0 radical (unpaired) electrons. The van der Waals surface area contributed by atoms with Crippen molar-refractivity contribution >= 4 is 5.97 Å². The molecule has 0 spiro atoms. The lowest BCUT2D eigenvalue weighted by Gasteiger charge is -2.33. The number of hydrogen-bond donors (Lipinski definition) is 0. The SMILES string of the molecule is CCCCC1(C)CC(OCC)=CC(=O)O1. The van der Waals surface area contributed by atoms with Crippen LogP contribution in [0.5, 0.6) is 0 Å². The lowest BCUT2D eigenvalue weighted by Crippen LogP contribution is -2.35. The van der Waals surface area contributed by atoms with Crippen LogP contribution in [0, 0.1) is 0 Å². The van der Waals surface area contributed by atoms with Gasteiger partial charge in [0.15, 0.2) is 0 Å². The van der Waals surface area contributed by atoms with Gasteiger partial charge in [-0.15, -0.1) is 0 Å². The molecule has 0 fully saturated rings. The monoisotopic (exact) mass is 212 g/mol. The molecule has 0 saturated carbocycles. The number of unbranched alkanes of at least 4 members (excludes halogenated alkanes) is 1. The Balaban J connectivity index is 2.63. The Morgan fingerprint density at radius 3 is 2.87 bits per heavy atom. The van der Waals surface area contributed by atoms with Crippen LogP contribution in [-0.4, -0.2) is 18.2 Å². The van der Waals surface area contributed by atoms with Gasteiger partial charge in [0.25, 0.3) is 0 Å². The van der Waals surface area contributed by atoms with E-state index in [1.807, 2.05) is 13.8 Å². The van der Waals surface area contributed by atoms with Crippen molar-refractivity contribution in [3.63, 3.8) is 0 Å². The van der Waals surface area contributed by atoms with Crippen LogP contribution in [-0.2, 0) is 14.3 Å². The first-order valence-corrected chi connectivity index (χ1v) is 5.66. The van der Waals surface area contributed by atoms with E-state index >= 15 is 0 Å². The first-order valence-electron chi connectivity index (χ1n) is 5.66. The first-order chi connectivity index (χ1) is 7.09. The van der Waals surface area contributed by atoms with E-state index in [0.29, 0.717) is 13.0 Å². The van der Waals surface area contributed by atoms with Crippen molar-refractivity contribution in [2.24, 2.45) is 0 Å². The van der Waals surface area contributed by atoms with Gasteiger partial charge in [-0.25, -0.2) is 4.79 Å². The zero-order chi connectivity index (χ0) is 11.3. The van der Waals surface area contributed by atoms with Gasteiger partial charge in [0.1, 0.15) is 11.4 Å². The number of hydrogen-bond acceptors (Lipinski definition) is 3. The van der Waals surface area contributed by atoms with E-state index in [0.717, 1.165) is 25.0 Å². The van der Waals surface area contributed by atoms with Crippen LogP contribution in [0.1, 0.15) is 46.5 Å². The molecule has 86 valence electrons. The number of carbonyl (C=O) groups excluding carboxylic acids is 1. The quantitative estimate of drug-likeness (QED) is 0.657. The van der Waals surface area contributed by atoms with Crippen molar-refractivity contribution in [3.8, 4) is 0 Å². The number of cyclic esters (lactones) is 1. The van der Waals surface area contributed by atoms with Gasteiger partial charge < -0.3 is 9.47 Å². The molecular formula is C12H20O3. The Kier molecular flexibility index (Phi) is 4.18. The van der Waals surface area contributed by atoms with Gasteiger partial charge in [-0.2, -0.15) is 0 Å². The molecule has 3 nitrogen and oxygen atoms in total. The second kappa shape index (κ2) is 5.19. The predicted octanol–water partition coefficient (Wildman–Crippen LogP) is 2.80. The van der Waals surface area contributed by atoms with E-state index in [9.17, 15) is 4.79 Å². The number of esters is 1. The van der Waals surface area contributed by atoms with Crippen LogP contribution in [0.3, 0.4) is 0 Å². The first kappa shape index (κ1) is 12.1. The molecule has 0 aromatic rings. The summed E-state index contributed by atoms with van der Waals surface area (Å²) < 4.78 is 10.7. The minimum atomic E-state index is -0.369. The Bertz CT molecular complexity index is 258. The summed E-state index contributed by atoms with van der Waals surface area (Å²) in [7, 11) is 0. The van der Waals surface area contributed by atoms with Crippen molar-refractivity contribution < 1.29 is 14.3 Å². The number of rotatable bonds is 5. The molecular weight excluding hydrogens is 192 g/mol. The van der Waals surface area contributed by atoms with E-state index in [4.69, 9.17) is 9.47 Å². The second-order valence-corrected chi connectivity index (χ2v) is 4.19. The van der Waals surface area contributed by atoms with Crippen molar-refractivity contribution in [2.45, 2.75) is 52.1 Å². The van der Waals surface area contributed by atoms with Gasteiger partial charge in [-0.05, 0) is 26.7 Å². The Hall–Kier alpha value is -0.990. The summed E-state index contributed by atoms with van der Waals surface area (Å²) in [6.07, 6.45) is 5.24. The van der Waals surface area contributed by atoms with Crippen molar-refractivity contribution in [2.75, 3.05) is 6.61 Å². The summed E-state index contributed by atoms with van der Waals surface area (Å²) in [4.78, 5) is 11.3. The highest BCUT2D eigenvalue weighted by atomic mass is 16.6. The van der Waals surface area contributed by atoms with E-state index in [1.54, 1.807) is 0 Å². The Labute approximate surface area is 91.4 Å². The topological polar surface area (TPSA) is 35.5 Å². The maximum Gasteiger partial charge on any atom is 0.334 e. The van der Waals surface area contributed by atoms with Crippen molar-refractivity contribution in [3.05, 3.63) is 11.8 Å². The van der Waals surface area contributed by atoms with Gasteiger partial charge in [-0.3, -0.25) is 0 Å². The molecule has 0 bridgehead atoms. The zero-order valence-corrected chi connectivity index (χ0v) is 9.84. The van der Waals surface area contributed by atoms with Crippen LogP contribution in [0.2, 0.25) is 0 Å². The summed E-state index contributed by atoms with van der Waals surface area (Å²) in [6, 6.07) is 0. The lowest BCUT2D eigenvalue weighted by molar-refractivity contribution is -0.156. The third-order valence-corrected chi connectivity index (χ3v) is 2.56. The standard InChI is InChI=1S/C12H20O3/c1-4-6-7-12(3)9-10(14-5-2)8-11(13)15-12/h8H,4-7,9H2,1-3H3. The molecule has 3 heteroatoms. The van der Waals surface area contributed by atoms with Crippen molar-refractivity contribution in [1.82, 2.24) is 0 Å².